The molecule has 0 amide bonds. The highest BCUT2D eigenvalue weighted by atomic mass is 35.5. The van der Waals surface area contributed by atoms with Gasteiger partial charge in [0.1, 0.15) is 5.82 Å². The van der Waals surface area contributed by atoms with Crippen LogP contribution < -0.4 is 0 Å². The summed E-state index contributed by atoms with van der Waals surface area (Å²) < 4.78 is 13.8. The third kappa shape index (κ3) is 3.19. The van der Waals surface area contributed by atoms with E-state index in [2.05, 4.69) is 0 Å². The minimum absolute atomic E-state index is 0.0301. The quantitative estimate of drug-likeness (QED) is 0.864. The number of hydrogen-bond donors (Lipinski definition) is 1. The second kappa shape index (κ2) is 6.01. The van der Waals surface area contributed by atoms with Crippen molar-refractivity contribution in [3.63, 3.8) is 0 Å². The van der Waals surface area contributed by atoms with Gasteiger partial charge in [-0.2, -0.15) is 0 Å². The van der Waals surface area contributed by atoms with E-state index >= 15 is 0 Å². The molecule has 94 valence electrons. The van der Waals surface area contributed by atoms with Crippen LogP contribution in [0.1, 0.15) is 38.2 Å². The van der Waals surface area contributed by atoms with Gasteiger partial charge in [-0.3, -0.25) is 4.79 Å². The monoisotopic (exact) mass is 258 g/mol. The van der Waals surface area contributed by atoms with Crippen LogP contribution >= 0.6 is 11.6 Å². The predicted molar refractivity (Wildman–Crippen MR) is 65.9 cm³/mol. The molecule has 17 heavy (non-hydrogen) atoms. The maximum Gasteiger partial charge on any atom is 0.311 e. The first-order valence-electron chi connectivity index (χ1n) is 5.65. The number of aliphatic carboxylic acids is 1. The summed E-state index contributed by atoms with van der Waals surface area (Å²) in [5.41, 5.74) is 0.172. The van der Waals surface area contributed by atoms with Crippen LogP contribution in [0.4, 0.5) is 4.39 Å². The second-order valence-corrected chi connectivity index (χ2v) is 4.63. The highest BCUT2D eigenvalue weighted by molar-refractivity contribution is 6.30. The van der Waals surface area contributed by atoms with Crippen LogP contribution in [0.5, 0.6) is 0 Å². The molecular formula is C13H16ClFO2. The number of benzene rings is 1. The Labute approximate surface area is 105 Å². The Bertz CT molecular complexity index is 406. The van der Waals surface area contributed by atoms with Crippen molar-refractivity contribution in [3.8, 4) is 0 Å². The highest BCUT2D eigenvalue weighted by Gasteiger charge is 2.29. The summed E-state index contributed by atoms with van der Waals surface area (Å²) in [4.78, 5) is 11.3. The molecule has 0 aliphatic heterocycles. The van der Waals surface area contributed by atoms with Gasteiger partial charge in [-0.1, -0.05) is 44.0 Å². The van der Waals surface area contributed by atoms with Crippen LogP contribution in [0, 0.1) is 11.7 Å². The van der Waals surface area contributed by atoms with E-state index in [1.807, 2.05) is 13.8 Å². The van der Waals surface area contributed by atoms with Crippen LogP contribution in [0.15, 0.2) is 18.2 Å². The summed E-state index contributed by atoms with van der Waals surface area (Å²) in [5.74, 6) is -2.59. The van der Waals surface area contributed by atoms with Crippen molar-refractivity contribution in [1.29, 1.82) is 0 Å². The predicted octanol–water partition coefficient (Wildman–Crippen LogP) is 4.08. The molecule has 0 spiro atoms. The van der Waals surface area contributed by atoms with E-state index < -0.39 is 17.7 Å². The fourth-order valence-electron chi connectivity index (χ4n) is 2.07. The molecule has 2 unspecified atom stereocenters. The van der Waals surface area contributed by atoms with Crippen LogP contribution in [-0.2, 0) is 4.79 Å². The number of rotatable bonds is 5. The third-order valence-corrected chi connectivity index (χ3v) is 3.19. The lowest BCUT2D eigenvalue weighted by molar-refractivity contribution is -0.140. The van der Waals surface area contributed by atoms with Crippen molar-refractivity contribution in [2.75, 3.05) is 0 Å². The summed E-state index contributed by atoms with van der Waals surface area (Å²) in [6.45, 7) is 3.80. The van der Waals surface area contributed by atoms with Crippen molar-refractivity contribution < 1.29 is 14.3 Å². The number of carbonyl (C=O) groups is 1. The minimum Gasteiger partial charge on any atom is -0.481 e. The molecule has 0 bridgehead atoms. The van der Waals surface area contributed by atoms with Crippen LogP contribution in [0.3, 0.4) is 0 Å². The lowest BCUT2D eigenvalue weighted by atomic mass is 9.84. The molecule has 1 aromatic rings. The lowest BCUT2D eigenvalue weighted by Gasteiger charge is -2.20. The first-order valence-corrected chi connectivity index (χ1v) is 6.03. The largest absolute Gasteiger partial charge is 0.481 e. The van der Waals surface area contributed by atoms with Crippen molar-refractivity contribution in [3.05, 3.63) is 34.6 Å². The molecule has 0 aromatic heterocycles. The summed E-state index contributed by atoms with van der Waals surface area (Å²) in [6, 6.07) is 4.49. The van der Waals surface area contributed by atoms with E-state index in [0.717, 1.165) is 12.8 Å². The molecule has 0 aliphatic carbocycles. The van der Waals surface area contributed by atoms with Crippen molar-refractivity contribution >= 4 is 17.6 Å². The van der Waals surface area contributed by atoms with Gasteiger partial charge in [0.2, 0.25) is 0 Å². The molecule has 0 saturated carbocycles. The highest BCUT2D eigenvalue weighted by Crippen LogP contribution is 2.32. The Balaban J connectivity index is 3.14. The Morgan fingerprint density at radius 3 is 2.71 bits per heavy atom. The fraction of sp³-hybridized carbons (Fsp3) is 0.462. The SMILES string of the molecule is CCCC(C)C(C(=O)O)c1cccc(Cl)c1F. The standard InChI is InChI=1S/C13H16ClFO2/c1-3-5-8(2)11(13(16)17)9-6-4-7-10(14)12(9)15/h4,6-8,11H,3,5H2,1-2H3,(H,16,17). The van der Waals surface area contributed by atoms with Crippen molar-refractivity contribution in [2.45, 2.75) is 32.6 Å². The van der Waals surface area contributed by atoms with Gasteiger partial charge in [0.15, 0.2) is 0 Å². The van der Waals surface area contributed by atoms with Crippen LogP contribution in [0.25, 0.3) is 0 Å². The molecule has 2 nitrogen and oxygen atoms in total. The Morgan fingerprint density at radius 2 is 2.18 bits per heavy atom. The molecule has 1 N–H and O–H groups in total. The maximum atomic E-state index is 13.8. The molecule has 1 rings (SSSR count). The van der Waals surface area contributed by atoms with Gasteiger partial charge in [0.05, 0.1) is 10.9 Å². The smallest absolute Gasteiger partial charge is 0.311 e. The van der Waals surface area contributed by atoms with E-state index in [4.69, 9.17) is 11.6 Å². The number of carboxylic acid groups (broad SMARTS) is 1. The van der Waals surface area contributed by atoms with E-state index in [1.165, 1.54) is 12.1 Å². The van der Waals surface area contributed by atoms with Gasteiger partial charge in [-0.05, 0) is 18.4 Å². The Morgan fingerprint density at radius 1 is 1.53 bits per heavy atom. The Hall–Kier alpha value is -1.09. The molecule has 0 aliphatic rings. The normalized spacial score (nSPS) is 14.4. The van der Waals surface area contributed by atoms with Gasteiger partial charge in [-0.25, -0.2) is 4.39 Å². The molecule has 0 radical (unpaired) electrons. The number of carboxylic acids is 1. The van der Waals surface area contributed by atoms with Gasteiger partial charge in [-0.15, -0.1) is 0 Å². The molecule has 0 saturated heterocycles. The summed E-state index contributed by atoms with van der Waals surface area (Å²) in [6.07, 6.45) is 1.61. The van der Waals surface area contributed by atoms with Crippen molar-refractivity contribution in [2.24, 2.45) is 5.92 Å². The number of halogens is 2. The average Bonchev–Trinajstić information content (AvgIpc) is 2.24. The van der Waals surface area contributed by atoms with Crippen LogP contribution in [-0.4, -0.2) is 11.1 Å². The summed E-state index contributed by atoms with van der Waals surface area (Å²) in [5, 5.41) is 9.20. The zero-order valence-electron chi connectivity index (χ0n) is 9.91. The van der Waals surface area contributed by atoms with Crippen molar-refractivity contribution in [1.82, 2.24) is 0 Å². The zero-order valence-corrected chi connectivity index (χ0v) is 10.7. The van der Waals surface area contributed by atoms with Gasteiger partial charge in [0, 0.05) is 5.56 Å². The molecule has 1 aromatic carbocycles. The molecule has 2 atom stereocenters. The van der Waals surface area contributed by atoms with Crippen LogP contribution in [0.2, 0.25) is 5.02 Å². The molecule has 4 heteroatoms. The molecule has 0 fully saturated rings. The minimum atomic E-state index is -1.01. The fourth-order valence-corrected chi connectivity index (χ4v) is 2.25. The summed E-state index contributed by atoms with van der Waals surface area (Å²) >= 11 is 5.68. The van der Waals surface area contributed by atoms with E-state index in [-0.39, 0.29) is 16.5 Å². The topological polar surface area (TPSA) is 37.3 Å². The average molecular weight is 259 g/mol. The first kappa shape index (κ1) is 14.0. The summed E-state index contributed by atoms with van der Waals surface area (Å²) in [7, 11) is 0. The van der Waals surface area contributed by atoms with Gasteiger partial charge < -0.3 is 5.11 Å². The Kier molecular flexibility index (Phi) is 4.94. The third-order valence-electron chi connectivity index (χ3n) is 2.90. The molecule has 0 heterocycles. The van der Waals surface area contributed by atoms with E-state index in [0.29, 0.717) is 0 Å². The lowest BCUT2D eigenvalue weighted by Crippen LogP contribution is -2.20. The van der Waals surface area contributed by atoms with Gasteiger partial charge >= 0.3 is 5.97 Å². The first-order chi connectivity index (χ1) is 7.99. The zero-order chi connectivity index (χ0) is 13.0. The molecular weight excluding hydrogens is 243 g/mol. The number of hydrogen-bond acceptors (Lipinski definition) is 1. The second-order valence-electron chi connectivity index (χ2n) is 4.22. The van der Waals surface area contributed by atoms with E-state index in [9.17, 15) is 14.3 Å². The van der Waals surface area contributed by atoms with Gasteiger partial charge in [0.25, 0.3) is 0 Å². The van der Waals surface area contributed by atoms with E-state index in [1.54, 1.807) is 6.07 Å². The maximum absolute atomic E-state index is 13.8.